The fraction of sp³-hybridized carbons (Fsp3) is 0.455. The van der Waals surface area contributed by atoms with Crippen molar-refractivity contribution >= 4 is 15.9 Å². The average molecular weight is 314 g/mol. The molecular formula is C11H12BrF4N. The van der Waals surface area contributed by atoms with Crippen molar-refractivity contribution in [3.63, 3.8) is 0 Å². The van der Waals surface area contributed by atoms with Crippen LogP contribution in [0.5, 0.6) is 0 Å². The molecule has 0 fully saturated rings. The molecule has 1 unspecified atom stereocenters. The third kappa shape index (κ3) is 3.67. The first kappa shape index (κ1) is 14.4. The standard InChI is InChI=1S/C11H12BrF4N/c1-2-17-9(11(15)16)5-6-8(13)4-3-7(12)10(6)14/h3-4,9,11,17H,2,5H2,1H3. The Labute approximate surface area is 105 Å². The molecule has 0 saturated heterocycles. The Balaban J connectivity index is 2.96. The first-order valence-corrected chi connectivity index (χ1v) is 5.90. The summed E-state index contributed by atoms with van der Waals surface area (Å²) < 4.78 is 52.2. The van der Waals surface area contributed by atoms with Crippen molar-refractivity contribution in [1.82, 2.24) is 5.32 Å². The zero-order chi connectivity index (χ0) is 13.0. The molecule has 0 aromatic heterocycles. The van der Waals surface area contributed by atoms with Crippen LogP contribution in [0.25, 0.3) is 0 Å². The van der Waals surface area contributed by atoms with Gasteiger partial charge in [0.05, 0.1) is 10.5 Å². The van der Waals surface area contributed by atoms with Gasteiger partial charge in [-0.3, -0.25) is 0 Å². The minimum absolute atomic E-state index is 0.0680. The highest BCUT2D eigenvalue weighted by Gasteiger charge is 2.23. The summed E-state index contributed by atoms with van der Waals surface area (Å²) >= 11 is 2.90. The van der Waals surface area contributed by atoms with E-state index in [1.165, 1.54) is 6.07 Å². The number of alkyl halides is 2. The number of rotatable bonds is 5. The quantitative estimate of drug-likeness (QED) is 0.648. The maximum absolute atomic E-state index is 13.6. The molecular weight excluding hydrogens is 302 g/mol. The summed E-state index contributed by atoms with van der Waals surface area (Å²) in [5, 5.41) is 2.51. The summed E-state index contributed by atoms with van der Waals surface area (Å²) in [5.41, 5.74) is -0.328. The van der Waals surface area contributed by atoms with E-state index in [2.05, 4.69) is 21.2 Å². The van der Waals surface area contributed by atoms with Gasteiger partial charge in [-0.2, -0.15) is 0 Å². The second kappa shape index (κ2) is 6.35. The molecule has 1 nitrogen and oxygen atoms in total. The topological polar surface area (TPSA) is 12.0 Å². The lowest BCUT2D eigenvalue weighted by molar-refractivity contribution is 0.0982. The van der Waals surface area contributed by atoms with Crippen LogP contribution in [0.2, 0.25) is 0 Å². The van der Waals surface area contributed by atoms with Gasteiger partial charge in [-0.05, 0) is 41.0 Å². The van der Waals surface area contributed by atoms with E-state index in [9.17, 15) is 17.6 Å². The van der Waals surface area contributed by atoms with Gasteiger partial charge in [-0.1, -0.05) is 6.92 Å². The van der Waals surface area contributed by atoms with Gasteiger partial charge in [-0.25, -0.2) is 17.6 Å². The summed E-state index contributed by atoms with van der Waals surface area (Å²) in [6, 6.07) is 1.01. The normalized spacial score (nSPS) is 13.1. The maximum atomic E-state index is 13.6. The highest BCUT2D eigenvalue weighted by molar-refractivity contribution is 9.10. The van der Waals surface area contributed by atoms with Crippen LogP contribution in [0.1, 0.15) is 12.5 Å². The second-order valence-electron chi connectivity index (χ2n) is 3.52. The van der Waals surface area contributed by atoms with E-state index in [1.54, 1.807) is 6.92 Å². The number of likely N-dealkylation sites (N-methyl/N-ethyl adjacent to an activating group) is 1. The zero-order valence-corrected chi connectivity index (χ0v) is 10.7. The molecule has 0 radical (unpaired) electrons. The van der Waals surface area contributed by atoms with Crippen molar-refractivity contribution in [1.29, 1.82) is 0 Å². The molecule has 0 amide bonds. The summed E-state index contributed by atoms with van der Waals surface area (Å²) in [5.74, 6) is -1.64. The molecule has 1 rings (SSSR count). The van der Waals surface area contributed by atoms with E-state index in [1.807, 2.05) is 0 Å². The van der Waals surface area contributed by atoms with Crippen LogP contribution < -0.4 is 5.32 Å². The minimum Gasteiger partial charge on any atom is -0.309 e. The van der Waals surface area contributed by atoms with Crippen LogP contribution in [-0.2, 0) is 6.42 Å². The van der Waals surface area contributed by atoms with Gasteiger partial charge >= 0.3 is 0 Å². The molecule has 0 spiro atoms. The maximum Gasteiger partial charge on any atom is 0.254 e. The lowest BCUT2D eigenvalue weighted by Crippen LogP contribution is -2.37. The third-order valence-electron chi connectivity index (χ3n) is 2.33. The molecule has 1 N–H and O–H groups in total. The first-order valence-electron chi connectivity index (χ1n) is 5.11. The van der Waals surface area contributed by atoms with Crippen LogP contribution in [0.4, 0.5) is 17.6 Å². The van der Waals surface area contributed by atoms with Crippen LogP contribution in [0, 0.1) is 11.6 Å². The number of nitrogens with one attached hydrogen (secondary N) is 1. The van der Waals surface area contributed by atoms with E-state index >= 15 is 0 Å². The van der Waals surface area contributed by atoms with E-state index in [0.29, 0.717) is 6.54 Å². The Morgan fingerprint density at radius 1 is 1.29 bits per heavy atom. The highest BCUT2D eigenvalue weighted by Crippen LogP contribution is 2.23. The Kier molecular flexibility index (Phi) is 5.39. The van der Waals surface area contributed by atoms with Crippen LogP contribution in [-0.4, -0.2) is 19.0 Å². The van der Waals surface area contributed by atoms with E-state index < -0.39 is 24.1 Å². The lowest BCUT2D eigenvalue weighted by atomic mass is 10.0. The SMILES string of the molecule is CCNC(Cc1c(F)ccc(Br)c1F)C(F)F. The number of hydrogen-bond donors (Lipinski definition) is 1. The van der Waals surface area contributed by atoms with Gasteiger partial charge in [0.25, 0.3) is 6.43 Å². The van der Waals surface area contributed by atoms with Gasteiger partial charge in [0.2, 0.25) is 0 Å². The number of benzene rings is 1. The van der Waals surface area contributed by atoms with Gasteiger partial charge < -0.3 is 5.32 Å². The molecule has 0 aliphatic rings. The Hall–Kier alpha value is -0.620. The summed E-state index contributed by atoms with van der Waals surface area (Å²) in [6.45, 7) is 1.97. The van der Waals surface area contributed by atoms with E-state index in [-0.39, 0.29) is 16.5 Å². The van der Waals surface area contributed by atoms with Crippen LogP contribution in [0.15, 0.2) is 16.6 Å². The van der Waals surface area contributed by atoms with Crippen molar-refractivity contribution in [3.05, 3.63) is 33.8 Å². The van der Waals surface area contributed by atoms with Crippen molar-refractivity contribution < 1.29 is 17.6 Å². The van der Waals surface area contributed by atoms with Crippen molar-refractivity contribution in [3.8, 4) is 0 Å². The van der Waals surface area contributed by atoms with Crippen molar-refractivity contribution in [2.75, 3.05) is 6.54 Å². The van der Waals surface area contributed by atoms with Crippen LogP contribution >= 0.6 is 15.9 Å². The summed E-state index contributed by atoms with van der Waals surface area (Å²) in [6.07, 6.45) is -3.06. The molecule has 0 heterocycles. The Bertz CT molecular complexity index is 384. The molecule has 0 aliphatic heterocycles. The number of halogens is 5. The molecule has 6 heteroatoms. The second-order valence-corrected chi connectivity index (χ2v) is 4.38. The summed E-state index contributed by atoms with van der Waals surface area (Å²) in [7, 11) is 0. The van der Waals surface area contributed by atoms with Gasteiger partial charge in [-0.15, -0.1) is 0 Å². The van der Waals surface area contributed by atoms with Crippen molar-refractivity contribution in [2.45, 2.75) is 25.8 Å². The molecule has 17 heavy (non-hydrogen) atoms. The predicted octanol–water partition coefficient (Wildman–Crippen LogP) is 3.51. The monoisotopic (exact) mass is 313 g/mol. The van der Waals surface area contributed by atoms with Gasteiger partial charge in [0.1, 0.15) is 11.6 Å². The molecule has 0 aliphatic carbocycles. The third-order valence-corrected chi connectivity index (χ3v) is 2.95. The smallest absolute Gasteiger partial charge is 0.254 e. The molecule has 1 aromatic rings. The number of hydrogen-bond acceptors (Lipinski definition) is 1. The molecule has 1 atom stereocenters. The van der Waals surface area contributed by atoms with Crippen LogP contribution in [0.3, 0.4) is 0 Å². The fourth-order valence-electron chi connectivity index (χ4n) is 1.49. The zero-order valence-electron chi connectivity index (χ0n) is 9.11. The van der Waals surface area contributed by atoms with E-state index in [4.69, 9.17) is 0 Å². The summed E-state index contributed by atoms with van der Waals surface area (Å²) in [4.78, 5) is 0. The fourth-order valence-corrected chi connectivity index (χ4v) is 1.86. The highest BCUT2D eigenvalue weighted by atomic mass is 79.9. The van der Waals surface area contributed by atoms with E-state index in [0.717, 1.165) is 6.07 Å². The Morgan fingerprint density at radius 3 is 2.47 bits per heavy atom. The Morgan fingerprint density at radius 2 is 1.94 bits per heavy atom. The first-order chi connectivity index (χ1) is 7.97. The molecule has 0 saturated carbocycles. The molecule has 1 aromatic carbocycles. The van der Waals surface area contributed by atoms with Crippen molar-refractivity contribution in [2.24, 2.45) is 0 Å². The largest absolute Gasteiger partial charge is 0.309 e. The average Bonchev–Trinajstić information content (AvgIpc) is 2.28. The van der Waals surface area contributed by atoms with Gasteiger partial charge in [0.15, 0.2) is 0 Å². The predicted molar refractivity (Wildman–Crippen MR) is 61.2 cm³/mol. The van der Waals surface area contributed by atoms with Gasteiger partial charge in [0, 0.05) is 5.56 Å². The molecule has 0 bridgehead atoms. The molecule has 96 valence electrons. The minimum atomic E-state index is -2.67. The lowest BCUT2D eigenvalue weighted by Gasteiger charge is -2.17.